The lowest BCUT2D eigenvalue weighted by Gasteiger charge is -2.07. The number of hydrogen-bond acceptors (Lipinski definition) is 1. The summed E-state index contributed by atoms with van der Waals surface area (Å²) >= 11 is 3.59. The third-order valence-electron chi connectivity index (χ3n) is 2.52. The first-order chi connectivity index (χ1) is 7.09. The quantitative estimate of drug-likeness (QED) is 0.812. The first kappa shape index (κ1) is 10.7. The SMILES string of the molecule is CN(C)Cc1cn(C)c2c(Br)cccc12. The van der Waals surface area contributed by atoms with Crippen molar-refractivity contribution in [3.8, 4) is 0 Å². The van der Waals surface area contributed by atoms with Crippen LogP contribution in [0.4, 0.5) is 0 Å². The maximum absolute atomic E-state index is 3.59. The van der Waals surface area contributed by atoms with Gasteiger partial charge >= 0.3 is 0 Å². The summed E-state index contributed by atoms with van der Waals surface area (Å²) in [5, 5.41) is 1.33. The molecule has 0 atom stereocenters. The first-order valence-electron chi connectivity index (χ1n) is 4.96. The number of benzene rings is 1. The number of fused-ring (bicyclic) bond motifs is 1. The van der Waals surface area contributed by atoms with Gasteiger partial charge in [-0.1, -0.05) is 12.1 Å². The molecule has 1 aromatic carbocycles. The zero-order valence-electron chi connectivity index (χ0n) is 9.29. The Morgan fingerprint density at radius 1 is 1.33 bits per heavy atom. The van der Waals surface area contributed by atoms with E-state index in [0.29, 0.717) is 0 Å². The third-order valence-corrected chi connectivity index (χ3v) is 3.16. The molecule has 0 spiro atoms. The van der Waals surface area contributed by atoms with Gasteiger partial charge in [0.2, 0.25) is 0 Å². The topological polar surface area (TPSA) is 8.17 Å². The second-order valence-corrected chi connectivity index (χ2v) is 4.99. The van der Waals surface area contributed by atoms with Gasteiger partial charge in [-0.3, -0.25) is 0 Å². The molecule has 3 heteroatoms. The van der Waals surface area contributed by atoms with Crippen molar-refractivity contribution in [3.05, 3.63) is 34.4 Å². The van der Waals surface area contributed by atoms with Crippen LogP contribution < -0.4 is 0 Å². The lowest BCUT2D eigenvalue weighted by Crippen LogP contribution is -2.10. The minimum atomic E-state index is 0.980. The number of halogens is 1. The second-order valence-electron chi connectivity index (χ2n) is 4.14. The van der Waals surface area contributed by atoms with Crippen LogP contribution in [-0.2, 0) is 13.6 Å². The fourth-order valence-electron chi connectivity index (χ4n) is 1.97. The van der Waals surface area contributed by atoms with Gasteiger partial charge in [-0.2, -0.15) is 0 Å². The molecule has 0 amide bonds. The van der Waals surface area contributed by atoms with Gasteiger partial charge in [0.15, 0.2) is 0 Å². The maximum Gasteiger partial charge on any atom is 0.0625 e. The van der Waals surface area contributed by atoms with E-state index in [4.69, 9.17) is 0 Å². The average Bonchev–Trinajstić information content (AvgIpc) is 2.44. The van der Waals surface area contributed by atoms with E-state index in [9.17, 15) is 0 Å². The van der Waals surface area contributed by atoms with Crippen LogP contribution in [0.3, 0.4) is 0 Å². The Bertz CT molecular complexity index is 486. The van der Waals surface area contributed by atoms with E-state index in [2.05, 4.69) is 70.9 Å². The molecule has 2 nitrogen and oxygen atoms in total. The molecule has 0 saturated carbocycles. The number of para-hydroxylation sites is 1. The van der Waals surface area contributed by atoms with E-state index in [1.165, 1.54) is 16.5 Å². The highest BCUT2D eigenvalue weighted by Gasteiger charge is 2.08. The Hall–Kier alpha value is -0.800. The lowest BCUT2D eigenvalue weighted by atomic mass is 10.2. The second kappa shape index (κ2) is 3.99. The van der Waals surface area contributed by atoms with Gasteiger partial charge in [0.05, 0.1) is 5.52 Å². The summed E-state index contributed by atoms with van der Waals surface area (Å²) in [5.41, 5.74) is 2.65. The van der Waals surface area contributed by atoms with Crippen LogP contribution >= 0.6 is 15.9 Å². The number of nitrogens with zero attached hydrogens (tertiary/aromatic N) is 2. The molecule has 0 saturated heterocycles. The van der Waals surface area contributed by atoms with Crippen LogP contribution in [0.5, 0.6) is 0 Å². The summed E-state index contributed by atoms with van der Waals surface area (Å²) in [7, 11) is 6.28. The largest absolute Gasteiger partial charge is 0.349 e. The molecule has 0 radical (unpaired) electrons. The van der Waals surface area contributed by atoms with E-state index < -0.39 is 0 Å². The molecule has 0 N–H and O–H groups in total. The third kappa shape index (κ3) is 1.94. The van der Waals surface area contributed by atoms with Crippen LogP contribution in [0.25, 0.3) is 10.9 Å². The van der Waals surface area contributed by atoms with E-state index in [1.54, 1.807) is 0 Å². The highest BCUT2D eigenvalue weighted by Crippen LogP contribution is 2.27. The molecular weight excluding hydrogens is 252 g/mol. The molecule has 0 aliphatic carbocycles. The Labute approximate surface area is 98.6 Å². The molecule has 0 unspecified atom stereocenters. The van der Waals surface area contributed by atoms with Crippen LogP contribution in [0, 0.1) is 0 Å². The number of aromatic nitrogens is 1. The summed E-state index contributed by atoms with van der Waals surface area (Å²) in [6.45, 7) is 0.980. The van der Waals surface area contributed by atoms with Gasteiger partial charge in [-0.25, -0.2) is 0 Å². The predicted molar refractivity (Wildman–Crippen MR) is 68.0 cm³/mol. The summed E-state index contributed by atoms with van der Waals surface area (Å²) in [5.74, 6) is 0. The summed E-state index contributed by atoms with van der Waals surface area (Å²) in [4.78, 5) is 2.19. The van der Waals surface area contributed by atoms with Crippen molar-refractivity contribution in [2.75, 3.05) is 14.1 Å². The van der Waals surface area contributed by atoms with Crippen LogP contribution in [0.15, 0.2) is 28.9 Å². The highest BCUT2D eigenvalue weighted by molar-refractivity contribution is 9.10. The Morgan fingerprint density at radius 2 is 2.07 bits per heavy atom. The summed E-state index contributed by atoms with van der Waals surface area (Å²) < 4.78 is 3.34. The molecule has 2 aromatic rings. The van der Waals surface area contributed by atoms with Crippen molar-refractivity contribution >= 4 is 26.8 Å². The van der Waals surface area contributed by atoms with Crippen molar-refractivity contribution in [1.82, 2.24) is 9.47 Å². The predicted octanol–water partition coefficient (Wildman–Crippen LogP) is 3.00. The van der Waals surface area contributed by atoms with Gasteiger partial charge in [0.25, 0.3) is 0 Å². The number of aryl methyl sites for hydroxylation is 1. The summed E-state index contributed by atoms with van der Waals surface area (Å²) in [6, 6.07) is 6.35. The van der Waals surface area contributed by atoms with Crippen LogP contribution in [-0.4, -0.2) is 23.6 Å². The van der Waals surface area contributed by atoms with Crippen molar-refractivity contribution in [3.63, 3.8) is 0 Å². The molecule has 0 aliphatic rings. The zero-order valence-corrected chi connectivity index (χ0v) is 10.9. The monoisotopic (exact) mass is 266 g/mol. The molecule has 1 aromatic heterocycles. The summed E-state index contributed by atoms with van der Waals surface area (Å²) in [6.07, 6.45) is 2.20. The van der Waals surface area contributed by atoms with Crippen LogP contribution in [0.2, 0.25) is 0 Å². The van der Waals surface area contributed by atoms with E-state index in [1.807, 2.05) is 0 Å². The van der Waals surface area contributed by atoms with Crippen molar-refractivity contribution in [2.24, 2.45) is 7.05 Å². The molecule has 80 valence electrons. The molecular formula is C12H15BrN2. The Morgan fingerprint density at radius 3 is 2.73 bits per heavy atom. The minimum Gasteiger partial charge on any atom is -0.349 e. The van der Waals surface area contributed by atoms with Crippen molar-refractivity contribution in [2.45, 2.75) is 6.54 Å². The molecule has 0 fully saturated rings. The van der Waals surface area contributed by atoms with Gasteiger partial charge in [-0.05, 0) is 41.7 Å². The standard InChI is InChI=1S/C12H15BrN2/c1-14(2)7-9-8-15(3)12-10(9)5-4-6-11(12)13/h4-6,8H,7H2,1-3H3. The van der Waals surface area contributed by atoms with Crippen molar-refractivity contribution in [1.29, 1.82) is 0 Å². The van der Waals surface area contributed by atoms with E-state index >= 15 is 0 Å². The first-order valence-corrected chi connectivity index (χ1v) is 5.76. The van der Waals surface area contributed by atoms with Gasteiger partial charge in [0.1, 0.15) is 0 Å². The minimum absolute atomic E-state index is 0.980. The van der Waals surface area contributed by atoms with Gasteiger partial charge in [0, 0.05) is 29.6 Å². The zero-order chi connectivity index (χ0) is 11.0. The van der Waals surface area contributed by atoms with E-state index in [-0.39, 0.29) is 0 Å². The molecule has 15 heavy (non-hydrogen) atoms. The lowest BCUT2D eigenvalue weighted by molar-refractivity contribution is 0.404. The normalized spacial score (nSPS) is 11.5. The fourth-order valence-corrected chi connectivity index (χ4v) is 2.61. The molecule has 2 rings (SSSR count). The molecule has 0 bridgehead atoms. The smallest absolute Gasteiger partial charge is 0.0625 e. The highest BCUT2D eigenvalue weighted by atomic mass is 79.9. The maximum atomic E-state index is 3.59. The van der Waals surface area contributed by atoms with Gasteiger partial charge < -0.3 is 9.47 Å². The molecule has 1 heterocycles. The average molecular weight is 267 g/mol. The Kier molecular flexibility index (Phi) is 2.85. The molecule has 0 aliphatic heterocycles. The number of hydrogen-bond donors (Lipinski definition) is 0. The van der Waals surface area contributed by atoms with Crippen LogP contribution in [0.1, 0.15) is 5.56 Å². The Balaban J connectivity index is 2.63. The number of rotatable bonds is 2. The fraction of sp³-hybridized carbons (Fsp3) is 0.333. The van der Waals surface area contributed by atoms with Crippen molar-refractivity contribution < 1.29 is 0 Å². The van der Waals surface area contributed by atoms with E-state index in [0.717, 1.165) is 11.0 Å². The van der Waals surface area contributed by atoms with Gasteiger partial charge in [-0.15, -0.1) is 0 Å².